The smallest absolute Gasteiger partial charge is 0.330 e. The first-order valence-electron chi connectivity index (χ1n) is 10.5. The minimum atomic E-state index is -2.37. The number of nitrogens with zero attached hydrogens (tertiary/aromatic N) is 1. The lowest BCUT2D eigenvalue weighted by atomic mass is 9.91. The van der Waals surface area contributed by atoms with Gasteiger partial charge in [0.1, 0.15) is 19.4 Å². The molecule has 2 rings (SSSR count). The molecule has 1 N–H and O–H groups in total. The normalized spacial score (nSPS) is 23.1. The molecule has 10 nitrogen and oxygen atoms in total. The zero-order valence-electron chi connectivity index (χ0n) is 20.0. The van der Waals surface area contributed by atoms with E-state index in [4.69, 9.17) is 18.6 Å². The van der Waals surface area contributed by atoms with Crippen LogP contribution >= 0.6 is 0 Å². The quantitative estimate of drug-likeness (QED) is 0.473. The van der Waals surface area contributed by atoms with Gasteiger partial charge in [-0.15, -0.1) is 0 Å². The highest BCUT2D eigenvalue weighted by Gasteiger charge is 2.59. The molecule has 0 aliphatic carbocycles. The van der Waals surface area contributed by atoms with Crippen LogP contribution in [-0.2, 0) is 28.2 Å². The lowest BCUT2D eigenvalue weighted by Gasteiger charge is -2.43. The number of hydrogen-bond donors (Lipinski definition) is 1. The largest absolute Gasteiger partial charge is 0.463 e. The second-order valence-electron chi connectivity index (χ2n) is 9.81. The topological polar surface area (TPSA) is 126 Å². The third-order valence-electron chi connectivity index (χ3n) is 6.19. The molecule has 1 aromatic heterocycles. The van der Waals surface area contributed by atoms with Gasteiger partial charge in [-0.2, -0.15) is 0 Å². The number of carbonyl (C=O) groups is 2. The van der Waals surface area contributed by atoms with E-state index in [2.05, 4.69) is 38.8 Å². The maximum atomic E-state index is 12.5. The van der Waals surface area contributed by atoms with Gasteiger partial charge in [0.25, 0.3) is 5.56 Å². The van der Waals surface area contributed by atoms with Gasteiger partial charge in [0.05, 0.1) is 6.10 Å². The lowest BCUT2D eigenvalue weighted by Crippen LogP contribution is -2.56. The van der Waals surface area contributed by atoms with Gasteiger partial charge >= 0.3 is 17.6 Å². The van der Waals surface area contributed by atoms with Crippen molar-refractivity contribution in [3.05, 3.63) is 33.1 Å². The van der Waals surface area contributed by atoms with Crippen LogP contribution in [0.4, 0.5) is 0 Å². The number of hydrogen-bond acceptors (Lipinski definition) is 8. The predicted molar refractivity (Wildman–Crippen MR) is 119 cm³/mol. The summed E-state index contributed by atoms with van der Waals surface area (Å²) in [7, 11) is -2.37. The van der Waals surface area contributed by atoms with Crippen molar-refractivity contribution >= 4 is 20.3 Å². The van der Waals surface area contributed by atoms with Crippen molar-refractivity contribution in [3.63, 3.8) is 0 Å². The molecule has 3 atom stereocenters. The van der Waals surface area contributed by atoms with Gasteiger partial charge in [0, 0.05) is 32.0 Å². The molecule has 1 aromatic rings. The van der Waals surface area contributed by atoms with Gasteiger partial charge in [-0.05, 0) is 18.1 Å². The van der Waals surface area contributed by atoms with Crippen molar-refractivity contribution in [2.24, 2.45) is 5.92 Å². The molecule has 11 heteroatoms. The van der Waals surface area contributed by atoms with Gasteiger partial charge in [-0.1, -0.05) is 27.7 Å². The molecule has 32 heavy (non-hydrogen) atoms. The molecule has 1 saturated heterocycles. The molecule has 0 radical (unpaired) electrons. The van der Waals surface area contributed by atoms with Gasteiger partial charge in [-0.3, -0.25) is 23.9 Å². The van der Waals surface area contributed by atoms with Crippen LogP contribution in [0, 0.1) is 5.92 Å². The first-order valence-corrected chi connectivity index (χ1v) is 13.4. The number of H-pyrrole nitrogens is 1. The Morgan fingerprint density at radius 1 is 1.16 bits per heavy atom. The summed E-state index contributed by atoms with van der Waals surface area (Å²) in [6.07, 6.45) is -0.161. The van der Waals surface area contributed by atoms with Crippen LogP contribution in [-0.4, -0.2) is 54.7 Å². The first kappa shape index (κ1) is 26.0. The Balaban J connectivity index is 2.59. The van der Waals surface area contributed by atoms with E-state index in [1.165, 1.54) is 30.7 Å². The zero-order valence-corrected chi connectivity index (χ0v) is 21.0. The van der Waals surface area contributed by atoms with E-state index in [1.54, 1.807) is 0 Å². The van der Waals surface area contributed by atoms with Crippen LogP contribution in [0.25, 0.3) is 0 Å². The Labute approximate surface area is 188 Å². The SMILES string of the molecule is CC(=O)OCC1(COC(C)=O)OC(n2ccc(=O)[nH]c2=O)C(C)C1O[Si](C)(C)C(C)(C)C. The van der Waals surface area contributed by atoms with Gasteiger partial charge in [-0.25, -0.2) is 4.79 Å². The van der Waals surface area contributed by atoms with Gasteiger partial charge in [0.15, 0.2) is 13.9 Å². The van der Waals surface area contributed by atoms with Crippen LogP contribution in [0.2, 0.25) is 18.1 Å². The van der Waals surface area contributed by atoms with Crippen LogP contribution in [0.1, 0.15) is 47.8 Å². The van der Waals surface area contributed by atoms with Crippen molar-refractivity contribution in [3.8, 4) is 0 Å². The molecule has 1 fully saturated rings. The second kappa shape index (κ2) is 9.32. The van der Waals surface area contributed by atoms with Crippen molar-refractivity contribution in [1.82, 2.24) is 9.55 Å². The van der Waals surface area contributed by atoms with E-state index in [-0.39, 0.29) is 18.3 Å². The summed E-state index contributed by atoms with van der Waals surface area (Å²) in [6.45, 7) is 14.3. The molecule has 0 spiro atoms. The molecule has 3 unspecified atom stereocenters. The highest BCUT2D eigenvalue weighted by atomic mass is 28.4. The minimum absolute atomic E-state index is 0.145. The molecule has 0 bridgehead atoms. The van der Waals surface area contributed by atoms with Crippen LogP contribution in [0.15, 0.2) is 21.9 Å². The summed E-state index contributed by atoms with van der Waals surface area (Å²) in [4.78, 5) is 49.5. The summed E-state index contributed by atoms with van der Waals surface area (Å²) >= 11 is 0. The van der Waals surface area contributed by atoms with E-state index in [0.29, 0.717) is 0 Å². The molecule has 1 aliphatic rings. The van der Waals surface area contributed by atoms with Gasteiger partial charge < -0.3 is 18.6 Å². The maximum Gasteiger partial charge on any atom is 0.330 e. The number of nitrogens with one attached hydrogen (secondary N) is 1. The molecular weight excluding hydrogens is 436 g/mol. The van der Waals surface area contributed by atoms with E-state index < -0.39 is 55.4 Å². The third kappa shape index (κ3) is 5.57. The van der Waals surface area contributed by atoms with E-state index in [1.807, 2.05) is 6.92 Å². The first-order chi connectivity index (χ1) is 14.6. The average Bonchev–Trinajstić information content (AvgIpc) is 2.90. The average molecular weight is 471 g/mol. The Bertz CT molecular complexity index is 944. The monoisotopic (exact) mass is 470 g/mol. The number of aromatic amines is 1. The lowest BCUT2D eigenvalue weighted by molar-refractivity contribution is -0.183. The number of esters is 2. The molecule has 0 amide bonds. The molecular formula is C21H34N2O8Si. The zero-order chi connectivity index (χ0) is 24.5. The molecule has 180 valence electrons. The maximum absolute atomic E-state index is 12.5. The second-order valence-corrected chi connectivity index (χ2v) is 14.6. The summed E-state index contributed by atoms with van der Waals surface area (Å²) < 4.78 is 24.9. The van der Waals surface area contributed by atoms with E-state index >= 15 is 0 Å². The fourth-order valence-corrected chi connectivity index (χ4v) is 4.83. The number of carbonyl (C=O) groups excluding carboxylic acids is 2. The van der Waals surface area contributed by atoms with Crippen molar-refractivity contribution in [2.45, 2.75) is 77.6 Å². The summed E-state index contributed by atoms with van der Waals surface area (Å²) in [6, 6.07) is 1.22. The highest BCUT2D eigenvalue weighted by molar-refractivity contribution is 6.74. The number of aromatic nitrogens is 2. The number of rotatable bonds is 7. The van der Waals surface area contributed by atoms with Crippen molar-refractivity contribution < 1.29 is 28.2 Å². The number of ether oxygens (including phenoxy) is 3. The predicted octanol–water partition coefficient (Wildman–Crippen LogP) is 1.96. The van der Waals surface area contributed by atoms with Crippen LogP contribution < -0.4 is 11.2 Å². The minimum Gasteiger partial charge on any atom is -0.463 e. The summed E-state index contributed by atoms with van der Waals surface area (Å²) in [5.41, 5.74) is -2.51. The third-order valence-corrected chi connectivity index (χ3v) is 10.6. The van der Waals surface area contributed by atoms with E-state index in [0.717, 1.165) is 0 Å². The van der Waals surface area contributed by atoms with Crippen LogP contribution in [0.5, 0.6) is 0 Å². The highest BCUT2D eigenvalue weighted by Crippen LogP contribution is 2.47. The Morgan fingerprint density at radius 3 is 2.12 bits per heavy atom. The molecule has 0 aromatic carbocycles. The van der Waals surface area contributed by atoms with Crippen molar-refractivity contribution in [2.75, 3.05) is 13.2 Å². The summed E-state index contributed by atoms with van der Waals surface area (Å²) in [5, 5.41) is -0.145. The summed E-state index contributed by atoms with van der Waals surface area (Å²) in [5.74, 6) is -1.46. The van der Waals surface area contributed by atoms with E-state index in [9.17, 15) is 19.2 Å². The Morgan fingerprint density at radius 2 is 1.69 bits per heavy atom. The molecule has 0 saturated carbocycles. The fourth-order valence-electron chi connectivity index (χ4n) is 3.41. The van der Waals surface area contributed by atoms with Gasteiger partial charge in [0.2, 0.25) is 0 Å². The van der Waals surface area contributed by atoms with Crippen molar-refractivity contribution in [1.29, 1.82) is 0 Å². The van der Waals surface area contributed by atoms with Crippen LogP contribution in [0.3, 0.4) is 0 Å². The fraction of sp³-hybridized carbons (Fsp3) is 0.714. The Hall–Kier alpha value is -2.24. The Kier molecular flexibility index (Phi) is 7.58. The standard InChI is InChI=1S/C21H34N2O8Si/c1-13-17(31-32(7,8)20(4,5)6)21(11-28-14(2)24,12-29-15(3)25)30-18(13)23-10-9-16(26)22-19(23)27/h9-10,13,17-18H,11-12H2,1-8H3,(H,22,26,27). The molecule has 2 heterocycles. The molecule has 1 aliphatic heterocycles.